The largest absolute Gasteiger partial charge is 0.478 e. The third-order valence-electron chi connectivity index (χ3n) is 3.99. The first kappa shape index (κ1) is 18.3. The second-order valence-electron chi connectivity index (χ2n) is 5.63. The summed E-state index contributed by atoms with van der Waals surface area (Å²) in [6, 6.07) is 11.7. The number of esters is 1. The zero-order chi connectivity index (χ0) is 18.8. The van der Waals surface area contributed by atoms with Gasteiger partial charge in [-0.05, 0) is 42.8 Å². The lowest BCUT2D eigenvalue weighted by molar-refractivity contribution is 0.0514. The van der Waals surface area contributed by atoms with Gasteiger partial charge in [-0.3, -0.25) is 0 Å². The molecule has 26 heavy (non-hydrogen) atoms. The highest BCUT2D eigenvalue weighted by atomic mass is 35.5. The van der Waals surface area contributed by atoms with Crippen molar-refractivity contribution < 1.29 is 19.4 Å². The van der Waals surface area contributed by atoms with Gasteiger partial charge in [-0.2, -0.15) is 0 Å². The maximum absolute atomic E-state index is 12.4. The predicted molar refractivity (Wildman–Crippen MR) is 100 cm³/mol. The van der Waals surface area contributed by atoms with Crippen LogP contribution in [0.5, 0.6) is 0 Å². The van der Waals surface area contributed by atoms with Gasteiger partial charge in [-0.1, -0.05) is 35.3 Å². The molecule has 2 aromatic carbocycles. The summed E-state index contributed by atoms with van der Waals surface area (Å²) in [7, 11) is 0. The summed E-state index contributed by atoms with van der Waals surface area (Å²) in [6.07, 6.45) is 0. The van der Waals surface area contributed by atoms with Gasteiger partial charge in [0.2, 0.25) is 0 Å². The number of hydrogen-bond acceptors (Lipinski definition) is 3. The SMILES string of the molecule is CCOC(=O)c1cc2c(C(=O)O)cccc2n1Cc1ccc(Cl)c(Cl)c1. The van der Waals surface area contributed by atoms with E-state index in [0.29, 0.717) is 27.5 Å². The molecule has 1 heterocycles. The molecule has 134 valence electrons. The molecule has 0 amide bonds. The number of hydrogen-bond donors (Lipinski definition) is 1. The molecule has 1 N–H and O–H groups in total. The van der Waals surface area contributed by atoms with Crippen molar-refractivity contribution in [2.24, 2.45) is 0 Å². The second-order valence-corrected chi connectivity index (χ2v) is 6.44. The molecule has 0 spiro atoms. The number of carboxylic acids is 1. The monoisotopic (exact) mass is 391 g/mol. The van der Waals surface area contributed by atoms with E-state index >= 15 is 0 Å². The molecule has 0 aliphatic rings. The lowest BCUT2D eigenvalue weighted by atomic mass is 10.1. The van der Waals surface area contributed by atoms with E-state index in [2.05, 4.69) is 0 Å². The van der Waals surface area contributed by atoms with Crippen molar-refractivity contribution in [3.05, 3.63) is 69.3 Å². The molecule has 0 aliphatic heterocycles. The Kier molecular flexibility index (Phi) is 5.20. The lowest BCUT2D eigenvalue weighted by Crippen LogP contribution is -2.12. The quantitative estimate of drug-likeness (QED) is 0.629. The van der Waals surface area contributed by atoms with E-state index < -0.39 is 11.9 Å². The third-order valence-corrected chi connectivity index (χ3v) is 4.72. The summed E-state index contributed by atoms with van der Waals surface area (Å²) in [5.74, 6) is -1.57. The van der Waals surface area contributed by atoms with Gasteiger partial charge in [0.15, 0.2) is 0 Å². The van der Waals surface area contributed by atoms with Gasteiger partial charge in [0, 0.05) is 17.4 Å². The molecular weight excluding hydrogens is 377 g/mol. The van der Waals surface area contributed by atoms with Crippen molar-refractivity contribution in [2.45, 2.75) is 13.5 Å². The average Bonchev–Trinajstić information content (AvgIpc) is 2.97. The Bertz CT molecular complexity index is 1010. The van der Waals surface area contributed by atoms with Crippen LogP contribution in [-0.2, 0) is 11.3 Å². The van der Waals surface area contributed by atoms with Gasteiger partial charge in [-0.15, -0.1) is 0 Å². The fraction of sp³-hybridized carbons (Fsp3) is 0.158. The van der Waals surface area contributed by atoms with Crippen LogP contribution < -0.4 is 0 Å². The van der Waals surface area contributed by atoms with Crippen LogP contribution in [0.3, 0.4) is 0 Å². The number of carbonyl (C=O) groups excluding carboxylic acids is 1. The van der Waals surface area contributed by atoms with Crippen molar-refractivity contribution >= 4 is 46.0 Å². The van der Waals surface area contributed by atoms with Crippen LogP contribution in [0.25, 0.3) is 10.9 Å². The normalized spacial score (nSPS) is 10.9. The molecule has 5 nitrogen and oxygen atoms in total. The minimum atomic E-state index is -1.06. The molecule has 0 saturated carbocycles. The summed E-state index contributed by atoms with van der Waals surface area (Å²) >= 11 is 12.0. The van der Waals surface area contributed by atoms with Gasteiger partial charge in [0.25, 0.3) is 0 Å². The number of nitrogens with zero attached hydrogens (tertiary/aromatic N) is 1. The van der Waals surface area contributed by atoms with Crippen molar-refractivity contribution in [3.63, 3.8) is 0 Å². The van der Waals surface area contributed by atoms with E-state index in [-0.39, 0.29) is 17.9 Å². The van der Waals surface area contributed by atoms with Crippen LogP contribution in [0.2, 0.25) is 10.0 Å². The molecule has 3 aromatic rings. The predicted octanol–water partition coefficient (Wildman–Crippen LogP) is 4.87. The average molecular weight is 392 g/mol. The molecule has 7 heteroatoms. The molecule has 0 aliphatic carbocycles. The molecule has 3 rings (SSSR count). The van der Waals surface area contributed by atoms with Crippen LogP contribution >= 0.6 is 23.2 Å². The Morgan fingerprint density at radius 3 is 2.54 bits per heavy atom. The molecule has 0 radical (unpaired) electrons. The van der Waals surface area contributed by atoms with E-state index in [0.717, 1.165) is 5.56 Å². The van der Waals surface area contributed by atoms with E-state index in [1.807, 2.05) is 0 Å². The molecule has 0 unspecified atom stereocenters. The number of carboxylic acid groups (broad SMARTS) is 1. The van der Waals surface area contributed by atoms with Gasteiger partial charge in [0.1, 0.15) is 5.69 Å². The number of aromatic carboxylic acids is 1. The number of ether oxygens (including phenoxy) is 1. The summed E-state index contributed by atoms with van der Waals surface area (Å²) in [6.45, 7) is 2.25. The number of rotatable bonds is 5. The van der Waals surface area contributed by atoms with E-state index in [9.17, 15) is 14.7 Å². The highest BCUT2D eigenvalue weighted by molar-refractivity contribution is 6.42. The molecule has 0 saturated heterocycles. The van der Waals surface area contributed by atoms with Crippen LogP contribution in [-0.4, -0.2) is 28.2 Å². The van der Waals surface area contributed by atoms with E-state index in [1.165, 1.54) is 6.07 Å². The zero-order valence-electron chi connectivity index (χ0n) is 13.8. The Labute approximate surface area is 159 Å². The number of fused-ring (bicyclic) bond motifs is 1. The summed E-state index contributed by atoms with van der Waals surface area (Å²) < 4.78 is 6.85. The smallest absolute Gasteiger partial charge is 0.354 e. The Morgan fingerprint density at radius 1 is 1.12 bits per heavy atom. The van der Waals surface area contributed by atoms with Crippen molar-refractivity contribution in [2.75, 3.05) is 6.61 Å². The van der Waals surface area contributed by atoms with Crippen molar-refractivity contribution in [1.29, 1.82) is 0 Å². The first-order valence-corrected chi connectivity index (χ1v) is 8.64. The van der Waals surface area contributed by atoms with Crippen molar-refractivity contribution in [3.8, 4) is 0 Å². The highest BCUT2D eigenvalue weighted by Gasteiger charge is 2.20. The second kappa shape index (κ2) is 7.40. The summed E-state index contributed by atoms with van der Waals surface area (Å²) in [4.78, 5) is 23.9. The first-order valence-electron chi connectivity index (χ1n) is 7.89. The first-order chi connectivity index (χ1) is 12.4. The Morgan fingerprint density at radius 2 is 1.88 bits per heavy atom. The maximum atomic E-state index is 12.4. The standard InChI is InChI=1S/C19H15Cl2NO4/c1-2-26-19(25)17-9-13-12(18(23)24)4-3-5-16(13)22(17)10-11-6-7-14(20)15(21)8-11/h3-9H,2,10H2,1H3,(H,23,24). The fourth-order valence-electron chi connectivity index (χ4n) is 2.84. The van der Waals surface area contributed by atoms with Crippen LogP contribution in [0.4, 0.5) is 0 Å². The minimum Gasteiger partial charge on any atom is -0.478 e. The van der Waals surface area contributed by atoms with Crippen molar-refractivity contribution in [1.82, 2.24) is 4.57 Å². The van der Waals surface area contributed by atoms with Gasteiger partial charge >= 0.3 is 11.9 Å². The molecule has 0 fully saturated rings. The number of benzene rings is 2. The summed E-state index contributed by atoms with van der Waals surface area (Å²) in [5, 5.41) is 10.7. The van der Waals surface area contributed by atoms with E-state index in [1.54, 1.807) is 47.9 Å². The third kappa shape index (κ3) is 3.41. The lowest BCUT2D eigenvalue weighted by Gasteiger charge is -2.11. The van der Waals surface area contributed by atoms with Crippen LogP contribution in [0.15, 0.2) is 42.5 Å². The highest BCUT2D eigenvalue weighted by Crippen LogP contribution is 2.28. The number of aromatic nitrogens is 1. The van der Waals surface area contributed by atoms with Gasteiger partial charge in [0.05, 0.1) is 22.2 Å². The fourth-order valence-corrected chi connectivity index (χ4v) is 3.16. The number of carbonyl (C=O) groups is 2. The maximum Gasteiger partial charge on any atom is 0.354 e. The molecule has 1 aromatic heterocycles. The molecule has 0 atom stereocenters. The van der Waals surface area contributed by atoms with Crippen LogP contribution in [0, 0.1) is 0 Å². The summed E-state index contributed by atoms with van der Waals surface area (Å²) in [5.41, 5.74) is 1.85. The molecule has 0 bridgehead atoms. The minimum absolute atomic E-state index is 0.126. The zero-order valence-corrected chi connectivity index (χ0v) is 15.3. The number of halogens is 2. The molecular formula is C19H15Cl2NO4. The van der Waals surface area contributed by atoms with E-state index in [4.69, 9.17) is 27.9 Å². The van der Waals surface area contributed by atoms with Gasteiger partial charge in [-0.25, -0.2) is 9.59 Å². The topological polar surface area (TPSA) is 68.5 Å². The van der Waals surface area contributed by atoms with Gasteiger partial charge < -0.3 is 14.4 Å². The Hall–Kier alpha value is -2.50. The Balaban J connectivity index is 2.18. The van der Waals surface area contributed by atoms with Crippen LogP contribution in [0.1, 0.15) is 33.3 Å².